The minimum atomic E-state index is 0.759. The van der Waals surface area contributed by atoms with Crippen LogP contribution in [-0.2, 0) is 6.54 Å². The molecule has 1 aliphatic rings. The van der Waals surface area contributed by atoms with E-state index in [1.807, 2.05) is 54.9 Å². The standard InChI is InChI=1S/C20H22N4/c1-3-8-18(9-4-1)16-23-24-15-14-21-13-7-12-20(24)17-22-19-10-5-2-6-11-19/h1-13,17,22-23H,14-16H2/b12-7-,20-17-,21-13?. The van der Waals surface area contributed by atoms with Crippen molar-refractivity contribution < 1.29 is 0 Å². The molecule has 2 N–H and O–H groups in total. The average Bonchev–Trinajstić information content (AvgIpc) is 2.62. The van der Waals surface area contributed by atoms with E-state index in [0.29, 0.717) is 0 Å². The number of hydrogen-bond donors (Lipinski definition) is 2. The minimum absolute atomic E-state index is 0.759. The third-order valence-electron chi connectivity index (χ3n) is 3.70. The van der Waals surface area contributed by atoms with Crippen molar-refractivity contribution in [1.82, 2.24) is 10.4 Å². The Morgan fingerprint density at radius 2 is 1.75 bits per heavy atom. The monoisotopic (exact) mass is 318 g/mol. The number of hydrazine groups is 1. The van der Waals surface area contributed by atoms with Crippen LogP contribution in [0.5, 0.6) is 0 Å². The summed E-state index contributed by atoms with van der Waals surface area (Å²) in [5.74, 6) is 0. The fraction of sp³-hybridized carbons (Fsp3) is 0.150. The van der Waals surface area contributed by atoms with Crippen molar-refractivity contribution >= 4 is 11.9 Å². The molecule has 24 heavy (non-hydrogen) atoms. The molecule has 0 fully saturated rings. The quantitative estimate of drug-likeness (QED) is 0.885. The second kappa shape index (κ2) is 8.70. The van der Waals surface area contributed by atoms with Crippen LogP contribution in [0.15, 0.2) is 89.7 Å². The van der Waals surface area contributed by atoms with E-state index in [1.165, 1.54) is 5.56 Å². The highest BCUT2D eigenvalue weighted by Gasteiger charge is 2.08. The van der Waals surface area contributed by atoms with E-state index in [-0.39, 0.29) is 0 Å². The third-order valence-corrected chi connectivity index (χ3v) is 3.70. The second-order valence-corrected chi connectivity index (χ2v) is 5.47. The lowest BCUT2D eigenvalue weighted by Crippen LogP contribution is -2.38. The van der Waals surface area contributed by atoms with Crippen LogP contribution in [0.2, 0.25) is 0 Å². The predicted octanol–water partition coefficient (Wildman–Crippen LogP) is 3.59. The van der Waals surface area contributed by atoms with Gasteiger partial charge in [0.1, 0.15) is 0 Å². The Morgan fingerprint density at radius 1 is 1.00 bits per heavy atom. The minimum Gasteiger partial charge on any atom is -0.360 e. The predicted molar refractivity (Wildman–Crippen MR) is 101 cm³/mol. The zero-order valence-corrected chi connectivity index (χ0v) is 13.6. The Labute approximate surface area is 143 Å². The van der Waals surface area contributed by atoms with E-state index in [1.54, 1.807) is 0 Å². The highest BCUT2D eigenvalue weighted by Crippen LogP contribution is 2.10. The van der Waals surface area contributed by atoms with Gasteiger partial charge in [-0.3, -0.25) is 4.99 Å². The Bertz CT molecular complexity index is 705. The maximum Gasteiger partial charge on any atom is 0.0681 e. The zero-order valence-electron chi connectivity index (χ0n) is 13.6. The molecule has 0 atom stereocenters. The van der Waals surface area contributed by atoms with Crippen molar-refractivity contribution in [3.8, 4) is 0 Å². The SMILES string of the molecule is C1=NCCN(NCc2ccccc2)C(=C\Nc2ccccc2)/C=C\1. The number of rotatable bonds is 5. The molecule has 1 heterocycles. The second-order valence-electron chi connectivity index (χ2n) is 5.47. The molecule has 0 amide bonds. The summed E-state index contributed by atoms with van der Waals surface area (Å²) in [4.78, 5) is 4.35. The smallest absolute Gasteiger partial charge is 0.0681 e. The average molecular weight is 318 g/mol. The van der Waals surface area contributed by atoms with Gasteiger partial charge < -0.3 is 10.3 Å². The van der Waals surface area contributed by atoms with Gasteiger partial charge in [-0.25, -0.2) is 5.43 Å². The fourth-order valence-electron chi connectivity index (χ4n) is 2.42. The Balaban J connectivity index is 1.70. The van der Waals surface area contributed by atoms with Crippen LogP contribution >= 0.6 is 0 Å². The van der Waals surface area contributed by atoms with Crippen LogP contribution in [0.3, 0.4) is 0 Å². The van der Waals surface area contributed by atoms with Crippen LogP contribution in [0.1, 0.15) is 5.56 Å². The molecule has 1 aliphatic heterocycles. The maximum atomic E-state index is 4.35. The van der Waals surface area contributed by atoms with Crippen LogP contribution < -0.4 is 10.7 Å². The Hall–Kier alpha value is -2.85. The van der Waals surface area contributed by atoms with Crippen molar-refractivity contribution in [2.24, 2.45) is 4.99 Å². The molecular weight excluding hydrogens is 296 g/mol. The molecule has 0 spiro atoms. The van der Waals surface area contributed by atoms with Crippen LogP contribution in [0.4, 0.5) is 5.69 Å². The number of anilines is 1. The van der Waals surface area contributed by atoms with Gasteiger partial charge in [-0.05, 0) is 29.8 Å². The topological polar surface area (TPSA) is 39.7 Å². The molecule has 0 radical (unpaired) electrons. The largest absolute Gasteiger partial charge is 0.360 e. The van der Waals surface area contributed by atoms with Crippen LogP contribution in [-0.4, -0.2) is 24.3 Å². The lowest BCUT2D eigenvalue weighted by molar-refractivity contribution is 0.255. The highest BCUT2D eigenvalue weighted by molar-refractivity contribution is 5.72. The third kappa shape index (κ3) is 4.83. The van der Waals surface area contributed by atoms with Crippen molar-refractivity contribution in [1.29, 1.82) is 0 Å². The Kier molecular flexibility index (Phi) is 5.81. The molecule has 0 unspecified atom stereocenters. The maximum absolute atomic E-state index is 4.35. The first-order valence-corrected chi connectivity index (χ1v) is 8.15. The molecule has 2 aromatic rings. The van der Waals surface area contributed by atoms with Gasteiger partial charge in [-0.1, -0.05) is 48.5 Å². The number of para-hydroxylation sites is 1. The molecule has 0 aromatic heterocycles. The number of nitrogens with one attached hydrogen (secondary N) is 2. The van der Waals surface area contributed by atoms with Gasteiger partial charge in [-0.15, -0.1) is 0 Å². The lowest BCUT2D eigenvalue weighted by atomic mass is 10.2. The molecule has 0 aliphatic carbocycles. The number of aliphatic imine (C=N–C) groups is 1. The normalized spacial score (nSPS) is 17.3. The summed E-state index contributed by atoms with van der Waals surface area (Å²) in [5, 5.41) is 5.49. The van der Waals surface area contributed by atoms with Gasteiger partial charge in [-0.2, -0.15) is 0 Å². The molecule has 2 aromatic carbocycles. The number of allylic oxidation sites excluding steroid dienone is 2. The first kappa shape index (κ1) is 16.0. The first-order valence-electron chi connectivity index (χ1n) is 8.15. The van der Waals surface area contributed by atoms with Gasteiger partial charge >= 0.3 is 0 Å². The number of benzene rings is 2. The first-order chi connectivity index (χ1) is 11.9. The van der Waals surface area contributed by atoms with E-state index >= 15 is 0 Å². The lowest BCUT2D eigenvalue weighted by Gasteiger charge is -2.27. The molecule has 122 valence electrons. The summed E-state index contributed by atoms with van der Waals surface area (Å²) in [6.07, 6.45) is 7.89. The molecule has 0 saturated carbocycles. The summed E-state index contributed by atoms with van der Waals surface area (Å²) in [6.45, 7) is 2.35. The summed E-state index contributed by atoms with van der Waals surface area (Å²) in [7, 11) is 0. The van der Waals surface area contributed by atoms with E-state index in [4.69, 9.17) is 0 Å². The van der Waals surface area contributed by atoms with Crippen molar-refractivity contribution in [2.75, 3.05) is 18.4 Å². The zero-order chi connectivity index (χ0) is 16.5. The number of hydrogen-bond acceptors (Lipinski definition) is 4. The molecular formula is C20H22N4. The van der Waals surface area contributed by atoms with E-state index < -0.39 is 0 Å². The van der Waals surface area contributed by atoms with E-state index in [9.17, 15) is 0 Å². The summed E-state index contributed by atoms with van der Waals surface area (Å²) in [5.41, 5.74) is 6.88. The van der Waals surface area contributed by atoms with Gasteiger partial charge in [0.25, 0.3) is 0 Å². The van der Waals surface area contributed by atoms with Crippen LogP contribution in [0, 0.1) is 0 Å². The van der Waals surface area contributed by atoms with Gasteiger partial charge in [0.2, 0.25) is 0 Å². The van der Waals surface area contributed by atoms with Crippen molar-refractivity contribution in [3.05, 3.63) is 90.3 Å². The van der Waals surface area contributed by atoms with Crippen molar-refractivity contribution in [2.45, 2.75) is 6.54 Å². The van der Waals surface area contributed by atoms with Gasteiger partial charge in [0.05, 0.1) is 18.8 Å². The van der Waals surface area contributed by atoms with Gasteiger partial charge in [0, 0.05) is 24.6 Å². The fourth-order valence-corrected chi connectivity index (χ4v) is 2.42. The molecule has 4 nitrogen and oxygen atoms in total. The summed E-state index contributed by atoms with van der Waals surface area (Å²) >= 11 is 0. The molecule has 0 bridgehead atoms. The van der Waals surface area contributed by atoms with Crippen molar-refractivity contribution in [3.63, 3.8) is 0 Å². The van der Waals surface area contributed by atoms with Crippen LogP contribution in [0.25, 0.3) is 0 Å². The summed E-state index contributed by atoms with van der Waals surface area (Å²) in [6, 6.07) is 20.5. The molecule has 4 heteroatoms. The summed E-state index contributed by atoms with van der Waals surface area (Å²) < 4.78 is 0. The molecule has 3 rings (SSSR count). The van der Waals surface area contributed by atoms with E-state index in [0.717, 1.165) is 31.0 Å². The Morgan fingerprint density at radius 3 is 2.54 bits per heavy atom. The van der Waals surface area contributed by atoms with E-state index in [2.05, 4.69) is 51.1 Å². The highest BCUT2D eigenvalue weighted by atomic mass is 15.5. The number of nitrogens with zero attached hydrogens (tertiary/aromatic N) is 2. The molecule has 0 saturated heterocycles. The van der Waals surface area contributed by atoms with Gasteiger partial charge in [0.15, 0.2) is 0 Å².